The van der Waals surface area contributed by atoms with Crippen LogP contribution in [-0.2, 0) is 6.42 Å². The van der Waals surface area contributed by atoms with Crippen LogP contribution in [0, 0.1) is 6.92 Å². The number of hydrogen-bond acceptors (Lipinski definition) is 4. The van der Waals surface area contributed by atoms with Crippen LogP contribution >= 0.6 is 0 Å². The van der Waals surface area contributed by atoms with Gasteiger partial charge < -0.3 is 20.4 Å². The van der Waals surface area contributed by atoms with Gasteiger partial charge >= 0.3 is 0 Å². The molecule has 9 rings (SSSR count). The standard InChI is InChI=1S/C57H44O4/c1-4-37(5-2)43-24-25-46(34-47-11-8-10-41-9-6-7-12-50(41)47)45(32-43)15-13-36-14-29-51-48(31-36)26-27-49-33-44(28-30-52(49)51)40-18-16-38(17-19-40)39-20-22-42(23-21-39)53-54(58)35(3)55(59)57(61)56(53)60/h4-33,58-61H,1,34H2,2-3H3/b15-13-,37-5+. The van der Waals surface area contributed by atoms with Crippen LogP contribution in [0.2, 0.25) is 0 Å². The number of phenolic OH excluding ortho intramolecular Hbond substituents is 4. The number of aromatic hydroxyl groups is 4. The molecule has 9 aromatic carbocycles. The fraction of sp³-hybridized carbons (Fsp3) is 0.0526. The molecule has 0 atom stereocenters. The highest BCUT2D eigenvalue weighted by molar-refractivity contribution is 6.09. The molecule has 4 N–H and O–H groups in total. The summed E-state index contributed by atoms with van der Waals surface area (Å²) in [5.74, 6) is -2.04. The molecule has 4 nitrogen and oxygen atoms in total. The summed E-state index contributed by atoms with van der Waals surface area (Å²) in [4.78, 5) is 0. The van der Waals surface area contributed by atoms with Crippen LogP contribution in [0.4, 0.5) is 0 Å². The molecule has 0 aliphatic rings. The van der Waals surface area contributed by atoms with Crippen molar-refractivity contribution in [1.82, 2.24) is 0 Å². The van der Waals surface area contributed by atoms with Gasteiger partial charge in [0, 0.05) is 5.56 Å². The molecule has 0 fully saturated rings. The van der Waals surface area contributed by atoms with E-state index < -0.39 is 17.2 Å². The van der Waals surface area contributed by atoms with Gasteiger partial charge in [0.1, 0.15) is 5.75 Å². The normalized spacial score (nSPS) is 11.9. The van der Waals surface area contributed by atoms with Gasteiger partial charge in [0.05, 0.1) is 5.56 Å². The molecule has 296 valence electrons. The van der Waals surface area contributed by atoms with Gasteiger partial charge in [0.2, 0.25) is 5.75 Å². The third-order valence-electron chi connectivity index (χ3n) is 11.9. The predicted octanol–water partition coefficient (Wildman–Crippen LogP) is 14.6. The molecule has 0 radical (unpaired) electrons. The highest BCUT2D eigenvalue weighted by atomic mass is 16.3. The van der Waals surface area contributed by atoms with Gasteiger partial charge in [-0.05, 0) is 132 Å². The maximum absolute atomic E-state index is 10.6. The zero-order valence-electron chi connectivity index (χ0n) is 34.0. The van der Waals surface area contributed by atoms with Crippen molar-refractivity contribution in [1.29, 1.82) is 0 Å². The fourth-order valence-corrected chi connectivity index (χ4v) is 8.48. The minimum atomic E-state index is -0.655. The molecule has 0 unspecified atom stereocenters. The van der Waals surface area contributed by atoms with Crippen molar-refractivity contribution in [3.8, 4) is 56.4 Å². The largest absolute Gasteiger partial charge is 0.507 e. The highest BCUT2D eigenvalue weighted by Gasteiger charge is 2.22. The van der Waals surface area contributed by atoms with Crippen molar-refractivity contribution in [2.24, 2.45) is 0 Å². The summed E-state index contributed by atoms with van der Waals surface area (Å²) >= 11 is 0. The number of fused-ring (bicyclic) bond motifs is 4. The van der Waals surface area contributed by atoms with Crippen LogP contribution in [0.1, 0.15) is 40.3 Å². The molecule has 0 spiro atoms. The summed E-state index contributed by atoms with van der Waals surface area (Å²) in [7, 11) is 0. The van der Waals surface area contributed by atoms with Crippen molar-refractivity contribution in [2.45, 2.75) is 20.3 Å². The second kappa shape index (κ2) is 16.1. The third kappa shape index (κ3) is 7.30. The summed E-state index contributed by atoms with van der Waals surface area (Å²) in [5, 5.41) is 48.5. The van der Waals surface area contributed by atoms with Crippen LogP contribution in [0.25, 0.3) is 83.4 Å². The topological polar surface area (TPSA) is 80.9 Å². The molecule has 4 heteroatoms. The molecule has 0 heterocycles. The lowest BCUT2D eigenvalue weighted by atomic mass is 9.92. The van der Waals surface area contributed by atoms with Crippen molar-refractivity contribution in [3.63, 3.8) is 0 Å². The van der Waals surface area contributed by atoms with E-state index in [0.29, 0.717) is 5.56 Å². The molecule has 0 saturated heterocycles. The van der Waals surface area contributed by atoms with Crippen molar-refractivity contribution < 1.29 is 20.4 Å². The monoisotopic (exact) mass is 792 g/mol. The maximum Gasteiger partial charge on any atom is 0.201 e. The Morgan fingerprint density at radius 3 is 1.82 bits per heavy atom. The second-order valence-electron chi connectivity index (χ2n) is 15.5. The lowest BCUT2D eigenvalue weighted by Crippen LogP contribution is -1.95. The first kappa shape index (κ1) is 38.7. The van der Waals surface area contributed by atoms with Gasteiger partial charge in [-0.15, -0.1) is 0 Å². The minimum absolute atomic E-state index is 0.0723. The van der Waals surface area contributed by atoms with E-state index in [-0.39, 0.29) is 16.9 Å². The summed E-state index contributed by atoms with van der Waals surface area (Å²) in [6.07, 6.45) is 9.32. The van der Waals surface area contributed by atoms with Crippen LogP contribution in [0.3, 0.4) is 0 Å². The van der Waals surface area contributed by atoms with E-state index in [1.54, 1.807) is 12.1 Å². The lowest BCUT2D eigenvalue weighted by molar-refractivity contribution is 0.360. The molecule has 61 heavy (non-hydrogen) atoms. The van der Waals surface area contributed by atoms with E-state index >= 15 is 0 Å². The molecule has 0 bridgehead atoms. The first-order valence-corrected chi connectivity index (χ1v) is 20.4. The predicted molar refractivity (Wildman–Crippen MR) is 255 cm³/mol. The van der Waals surface area contributed by atoms with E-state index in [0.717, 1.165) is 45.4 Å². The summed E-state index contributed by atoms with van der Waals surface area (Å²) < 4.78 is 0. The van der Waals surface area contributed by atoms with E-state index in [2.05, 4.69) is 165 Å². The Bertz CT molecular complexity index is 3190. The average molecular weight is 793 g/mol. The van der Waals surface area contributed by atoms with Crippen LogP contribution < -0.4 is 0 Å². The SMILES string of the molecule is C=C/C(=C\C)c1ccc(Cc2cccc3ccccc23)c(/C=C\c2ccc3c(ccc4cc(-c5ccc(-c6ccc(-c7c(O)c(C)c(O)c(O)c7O)cc6)cc5)ccc43)c2)c1. The van der Waals surface area contributed by atoms with Gasteiger partial charge in [0.25, 0.3) is 0 Å². The van der Waals surface area contributed by atoms with Gasteiger partial charge in [-0.1, -0.05) is 170 Å². The van der Waals surface area contributed by atoms with Gasteiger partial charge in [-0.2, -0.15) is 0 Å². The van der Waals surface area contributed by atoms with Crippen molar-refractivity contribution >= 4 is 50.0 Å². The van der Waals surface area contributed by atoms with Gasteiger partial charge in [-0.3, -0.25) is 0 Å². The number of rotatable bonds is 9. The van der Waals surface area contributed by atoms with Crippen molar-refractivity contribution in [3.05, 3.63) is 210 Å². The summed E-state index contributed by atoms with van der Waals surface area (Å²) in [6, 6.07) is 55.4. The summed E-state index contributed by atoms with van der Waals surface area (Å²) in [6.45, 7) is 7.58. The Hall–Kier alpha value is -7.82. The third-order valence-corrected chi connectivity index (χ3v) is 11.9. The lowest BCUT2D eigenvalue weighted by Gasteiger charge is -2.14. The zero-order valence-corrected chi connectivity index (χ0v) is 34.0. The maximum atomic E-state index is 10.6. The van der Waals surface area contributed by atoms with Crippen LogP contribution in [0.5, 0.6) is 23.0 Å². The zero-order chi connectivity index (χ0) is 42.2. The van der Waals surface area contributed by atoms with Crippen molar-refractivity contribution in [2.75, 3.05) is 0 Å². The number of hydrogen-bond donors (Lipinski definition) is 4. The smallest absolute Gasteiger partial charge is 0.201 e. The Morgan fingerprint density at radius 2 is 1.11 bits per heavy atom. The minimum Gasteiger partial charge on any atom is -0.507 e. The molecule has 0 aliphatic carbocycles. The summed E-state index contributed by atoms with van der Waals surface area (Å²) in [5.41, 5.74) is 12.1. The average Bonchev–Trinajstić information content (AvgIpc) is 3.30. The quantitative estimate of drug-likeness (QED) is 0.0386. The second-order valence-corrected chi connectivity index (χ2v) is 15.5. The van der Waals surface area contributed by atoms with Gasteiger partial charge in [-0.25, -0.2) is 0 Å². The van der Waals surface area contributed by atoms with Crippen LogP contribution in [-0.4, -0.2) is 20.4 Å². The first-order valence-electron chi connectivity index (χ1n) is 20.4. The van der Waals surface area contributed by atoms with E-state index in [9.17, 15) is 20.4 Å². The Morgan fingerprint density at radius 1 is 0.492 bits per heavy atom. The molecular weight excluding hydrogens is 749 g/mol. The Balaban J connectivity index is 0.965. The molecule has 0 saturated carbocycles. The molecule has 9 aromatic rings. The number of allylic oxidation sites excluding steroid dienone is 3. The molecule has 0 amide bonds. The Kier molecular flexibility index (Phi) is 10.2. The molecular formula is C57H44O4. The van der Waals surface area contributed by atoms with Gasteiger partial charge in [0.15, 0.2) is 11.5 Å². The fourth-order valence-electron chi connectivity index (χ4n) is 8.48. The first-order chi connectivity index (χ1) is 29.7. The van der Waals surface area contributed by atoms with E-state index in [1.807, 2.05) is 18.2 Å². The highest BCUT2D eigenvalue weighted by Crippen LogP contribution is 2.51. The molecule has 0 aromatic heterocycles. The van der Waals surface area contributed by atoms with E-state index in [1.165, 1.54) is 55.9 Å². The number of benzene rings is 9. The van der Waals surface area contributed by atoms with E-state index in [4.69, 9.17) is 0 Å². The number of phenols is 4. The Labute approximate surface area is 355 Å². The van der Waals surface area contributed by atoms with Crippen LogP contribution in [0.15, 0.2) is 176 Å². The molecule has 0 aliphatic heterocycles.